The van der Waals surface area contributed by atoms with Crippen LogP contribution in [0.4, 0.5) is 5.69 Å². The molecular weight excluding hydrogens is 216 g/mol. The van der Waals surface area contributed by atoms with Gasteiger partial charge in [0.1, 0.15) is 5.54 Å². The molecule has 17 heavy (non-hydrogen) atoms. The van der Waals surface area contributed by atoms with Crippen LogP contribution in [0.3, 0.4) is 0 Å². The quantitative estimate of drug-likeness (QED) is 0.775. The van der Waals surface area contributed by atoms with Crippen LogP contribution in [0.2, 0.25) is 0 Å². The van der Waals surface area contributed by atoms with Crippen LogP contribution >= 0.6 is 0 Å². The Labute approximate surface area is 100 Å². The minimum Gasteiger partial charge on any atom is -0.379 e. The maximum absolute atomic E-state index is 12.5. The van der Waals surface area contributed by atoms with Crippen LogP contribution in [0.15, 0.2) is 24.3 Å². The minimum atomic E-state index is -0.822. The summed E-state index contributed by atoms with van der Waals surface area (Å²) in [5.41, 5.74) is 7.54. The molecule has 1 unspecified atom stereocenters. The van der Waals surface area contributed by atoms with Gasteiger partial charge in [0, 0.05) is 18.8 Å². The van der Waals surface area contributed by atoms with Crippen molar-refractivity contribution < 1.29 is 9.53 Å². The molecule has 1 saturated heterocycles. The number of nitrogens with two attached hydrogens (primary N) is 1. The first-order valence-corrected chi connectivity index (χ1v) is 5.97. The van der Waals surface area contributed by atoms with Crippen molar-refractivity contribution in [1.29, 1.82) is 0 Å². The van der Waals surface area contributed by atoms with E-state index in [1.54, 1.807) is 0 Å². The Kier molecular flexibility index (Phi) is 2.42. The lowest BCUT2D eigenvalue weighted by Gasteiger charge is -2.27. The molecule has 1 atom stereocenters. The molecule has 0 radical (unpaired) electrons. The zero-order valence-electron chi connectivity index (χ0n) is 9.69. The fourth-order valence-electron chi connectivity index (χ4n) is 2.57. The summed E-state index contributed by atoms with van der Waals surface area (Å²) in [5.74, 6) is -0.0000463. The highest BCUT2D eigenvalue weighted by Gasteiger charge is 2.42. The van der Waals surface area contributed by atoms with E-state index in [2.05, 4.69) is 6.07 Å². The average Bonchev–Trinajstić information content (AvgIpc) is 2.95. The molecule has 1 amide bonds. The summed E-state index contributed by atoms with van der Waals surface area (Å²) in [6.07, 6.45) is 1.53. The lowest BCUT2D eigenvalue weighted by Crippen LogP contribution is -2.55. The molecule has 2 N–H and O–H groups in total. The number of para-hydroxylation sites is 1. The van der Waals surface area contributed by atoms with Gasteiger partial charge in [-0.1, -0.05) is 18.2 Å². The Hall–Kier alpha value is -1.39. The van der Waals surface area contributed by atoms with E-state index in [0.717, 1.165) is 18.7 Å². The van der Waals surface area contributed by atoms with Gasteiger partial charge in [0.25, 0.3) is 0 Å². The van der Waals surface area contributed by atoms with Gasteiger partial charge in [-0.3, -0.25) is 4.79 Å². The average molecular weight is 232 g/mol. The number of rotatable bonds is 1. The van der Waals surface area contributed by atoms with E-state index in [9.17, 15) is 4.79 Å². The summed E-state index contributed by atoms with van der Waals surface area (Å²) >= 11 is 0. The van der Waals surface area contributed by atoms with Crippen molar-refractivity contribution in [2.24, 2.45) is 5.73 Å². The Bertz CT molecular complexity index is 452. The summed E-state index contributed by atoms with van der Waals surface area (Å²) in [7, 11) is 0. The topological polar surface area (TPSA) is 55.6 Å². The fourth-order valence-corrected chi connectivity index (χ4v) is 2.57. The second-order valence-corrected chi connectivity index (χ2v) is 4.79. The van der Waals surface area contributed by atoms with Crippen LogP contribution in [0, 0.1) is 0 Å². The molecule has 2 heterocycles. The number of hydrogen-bond acceptors (Lipinski definition) is 3. The van der Waals surface area contributed by atoms with Crippen molar-refractivity contribution in [1.82, 2.24) is 0 Å². The predicted molar refractivity (Wildman–Crippen MR) is 64.9 cm³/mol. The number of hydrogen-bond donors (Lipinski definition) is 1. The van der Waals surface area contributed by atoms with Crippen LogP contribution < -0.4 is 10.6 Å². The van der Waals surface area contributed by atoms with Gasteiger partial charge >= 0.3 is 0 Å². The number of amides is 1. The molecule has 0 spiro atoms. The van der Waals surface area contributed by atoms with E-state index in [-0.39, 0.29) is 5.91 Å². The maximum Gasteiger partial charge on any atom is 0.249 e. The van der Waals surface area contributed by atoms with Crippen LogP contribution in [0.5, 0.6) is 0 Å². The van der Waals surface area contributed by atoms with Gasteiger partial charge in [-0.15, -0.1) is 0 Å². The van der Waals surface area contributed by atoms with Crippen LogP contribution in [-0.4, -0.2) is 31.2 Å². The normalized spacial score (nSPS) is 27.2. The second kappa shape index (κ2) is 3.82. The molecule has 3 rings (SSSR count). The van der Waals surface area contributed by atoms with Crippen molar-refractivity contribution in [2.45, 2.75) is 18.4 Å². The van der Waals surface area contributed by atoms with Crippen molar-refractivity contribution in [2.75, 3.05) is 24.7 Å². The number of ether oxygens (including phenoxy) is 1. The summed E-state index contributed by atoms with van der Waals surface area (Å²) in [4.78, 5) is 14.3. The molecule has 0 aromatic heterocycles. The van der Waals surface area contributed by atoms with Gasteiger partial charge in [-0.25, -0.2) is 0 Å². The molecule has 90 valence electrons. The second-order valence-electron chi connectivity index (χ2n) is 4.79. The molecule has 0 bridgehead atoms. The molecular formula is C13H16N2O2. The fraction of sp³-hybridized carbons (Fsp3) is 0.462. The van der Waals surface area contributed by atoms with Crippen molar-refractivity contribution in [3.63, 3.8) is 0 Å². The highest BCUT2D eigenvalue weighted by atomic mass is 16.5. The van der Waals surface area contributed by atoms with E-state index in [1.807, 2.05) is 23.1 Å². The number of fused-ring (bicyclic) bond motifs is 1. The molecule has 2 aliphatic heterocycles. The van der Waals surface area contributed by atoms with Crippen molar-refractivity contribution >= 4 is 11.6 Å². The molecule has 4 heteroatoms. The van der Waals surface area contributed by atoms with E-state index < -0.39 is 5.54 Å². The first-order chi connectivity index (χ1) is 8.21. The molecule has 2 aliphatic rings. The van der Waals surface area contributed by atoms with Crippen molar-refractivity contribution in [3.05, 3.63) is 29.8 Å². The number of benzene rings is 1. The van der Waals surface area contributed by atoms with Gasteiger partial charge in [-0.05, 0) is 24.5 Å². The van der Waals surface area contributed by atoms with E-state index in [4.69, 9.17) is 10.5 Å². The smallest absolute Gasteiger partial charge is 0.249 e. The Morgan fingerprint density at radius 2 is 2.24 bits per heavy atom. The zero-order chi connectivity index (χ0) is 11.9. The largest absolute Gasteiger partial charge is 0.379 e. The molecule has 1 fully saturated rings. The van der Waals surface area contributed by atoms with E-state index in [0.29, 0.717) is 19.6 Å². The third-order valence-electron chi connectivity index (χ3n) is 3.61. The Balaban J connectivity index is 1.89. The van der Waals surface area contributed by atoms with Gasteiger partial charge in [0.2, 0.25) is 5.91 Å². The van der Waals surface area contributed by atoms with Gasteiger partial charge in [-0.2, -0.15) is 0 Å². The van der Waals surface area contributed by atoms with Gasteiger partial charge in [0.15, 0.2) is 0 Å². The summed E-state index contributed by atoms with van der Waals surface area (Å²) < 4.78 is 5.26. The van der Waals surface area contributed by atoms with Crippen LogP contribution in [0.1, 0.15) is 12.0 Å². The minimum absolute atomic E-state index is 0.0000463. The monoisotopic (exact) mass is 232 g/mol. The third-order valence-corrected chi connectivity index (χ3v) is 3.61. The number of anilines is 1. The van der Waals surface area contributed by atoms with Crippen molar-refractivity contribution in [3.8, 4) is 0 Å². The maximum atomic E-state index is 12.5. The number of nitrogens with zero attached hydrogens (tertiary/aromatic N) is 1. The number of carbonyl (C=O) groups excluding carboxylic acids is 1. The zero-order valence-corrected chi connectivity index (χ0v) is 9.69. The Morgan fingerprint density at radius 3 is 3.00 bits per heavy atom. The third kappa shape index (κ3) is 1.64. The Morgan fingerprint density at radius 1 is 1.41 bits per heavy atom. The summed E-state index contributed by atoms with van der Waals surface area (Å²) in [5, 5.41) is 0. The van der Waals surface area contributed by atoms with E-state index in [1.165, 1.54) is 5.56 Å². The standard InChI is InChI=1S/C13H16N2O2/c14-13(6-8-17-9-13)12(16)15-7-5-10-3-1-2-4-11(10)15/h1-4H,5-9,14H2. The molecule has 0 aliphatic carbocycles. The molecule has 1 aromatic carbocycles. The van der Waals surface area contributed by atoms with Crippen LogP contribution in [0.25, 0.3) is 0 Å². The predicted octanol–water partition coefficient (Wildman–Crippen LogP) is 0.693. The van der Waals surface area contributed by atoms with Gasteiger partial charge in [0.05, 0.1) is 6.61 Å². The van der Waals surface area contributed by atoms with Gasteiger partial charge < -0.3 is 15.4 Å². The number of carbonyl (C=O) groups is 1. The molecule has 4 nitrogen and oxygen atoms in total. The first-order valence-electron chi connectivity index (χ1n) is 5.97. The van der Waals surface area contributed by atoms with E-state index >= 15 is 0 Å². The van der Waals surface area contributed by atoms with Crippen LogP contribution in [-0.2, 0) is 16.0 Å². The highest BCUT2D eigenvalue weighted by Crippen LogP contribution is 2.30. The molecule has 1 aromatic rings. The molecule has 0 saturated carbocycles. The lowest BCUT2D eigenvalue weighted by atomic mass is 9.98. The highest BCUT2D eigenvalue weighted by molar-refractivity contribution is 6.01. The SMILES string of the molecule is NC1(C(=O)N2CCc3ccccc32)CCOC1. The summed E-state index contributed by atoms with van der Waals surface area (Å²) in [6, 6.07) is 8.01. The first kappa shape index (κ1) is 10.7. The lowest BCUT2D eigenvalue weighted by molar-refractivity contribution is -0.123. The summed E-state index contributed by atoms with van der Waals surface area (Å²) in [6.45, 7) is 1.65.